The van der Waals surface area contributed by atoms with Crippen molar-refractivity contribution in [1.29, 1.82) is 0 Å². The summed E-state index contributed by atoms with van der Waals surface area (Å²) in [7, 11) is 0. The van der Waals surface area contributed by atoms with Crippen LogP contribution in [-0.2, 0) is 4.79 Å². The van der Waals surface area contributed by atoms with E-state index >= 15 is 4.39 Å². The molecule has 0 spiro atoms. The fourth-order valence-corrected chi connectivity index (χ4v) is 5.19. The molecule has 204 valence electrons. The van der Waals surface area contributed by atoms with E-state index in [1.54, 1.807) is 23.6 Å². The van der Waals surface area contributed by atoms with Gasteiger partial charge in [-0.05, 0) is 56.7 Å². The van der Waals surface area contributed by atoms with Crippen molar-refractivity contribution in [3.63, 3.8) is 0 Å². The van der Waals surface area contributed by atoms with Crippen molar-refractivity contribution in [2.75, 3.05) is 18.5 Å². The maximum absolute atomic E-state index is 15.2. The van der Waals surface area contributed by atoms with Crippen molar-refractivity contribution in [3.8, 4) is 11.5 Å². The van der Waals surface area contributed by atoms with Crippen molar-refractivity contribution < 1.29 is 33.5 Å². The molecule has 2 aromatic carbocycles. The molecule has 39 heavy (non-hydrogen) atoms. The first kappa shape index (κ1) is 26.1. The van der Waals surface area contributed by atoms with E-state index in [2.05, 4.69) is 5.32 Å². The summed E-state index contributed by atoms with van der Waals surface area (Å²) in [6.07, 6.45) is 3.78. The van der Waals surface area contributed by atoms with Crippen LogP contribution < -0.4 is 20.2 Å². The lowest BCUT2D eigenvalue weighted by Gasteiger charge is -2.30. The zero-order chi connectivity index (χ0) is 27.8. The predicted molar refractivity (Wildman–Crippen MR) is 138 cm³/mol. The molecule has 12 heteroatoms. The molecule has 1 saturated carbocycles. The monoisotopic (exact) mass is 539 g/mol. The third kappa shape index (κ3) is 5.01. The number of nitrogens with zero attached hydrogens (tertiary/aromatic N) is 2. The summed E-state index contributed by atoms with van der Waals surface area (Å²) in [5, 5.41) is 22.7. The molecule has 0 radical (unpaired) electrons. The van der Waals surface area contributed by atoms with E-state index < -0.39 is 27.7 Å². The number of aromatic nitrogens is 1. The first-order chi connectivity index (χ1) is 18.6. The molecule has 1 atom stereocenters. The first-order valence-corrected chi connectivity index (χ1v) is 12.6. The molecule has 5 rings (SSSR count). The predicted octanol–water partition coefficient (Wildman–Crippen LogP) is 4.52. The number of amides is 1. The zero-order valence-corrected chi connectivity index (χ0v) is 21.0. The number of non-ortho nitro benzene ring substituents is 1. The highest BCUT2D eigenvalue weighted by Crippen LogP contribution is 2.40. The number of benzene rings is 2. The van der Waals surface area contributed by atoms with Crippen molar-refractivity contribution in [1.82, 2.24) is 4.57 Å². The topological polar surface area (TPSA) is 150 Å². The van der Waals surface area contributed by atoms with Gasteiger partial charge in [-0.15, -0.1) is 0 Å². The largest absolute Gasteiger partial charge is 0.493 e. The van der Waals surface area contributed by atoms with Crippen LogP contribution in [0.2, 0.25) is 0 Å². The van der Waals surface area contributed by atoms with E-state index in [1.807, 2.05) is 0 Å². The Morgan fingerprint density at radius 3 is 2.56 bits per heavy atom. The highest BCUT2D eigenvalue weighted by atomic mass is 19.1. The Kier molecular flexibility index (Phi) is 6.94. The van der Waals surface area contributed by atoms with Crippen LogP contribution in [0.1, 0.15) is 49.0 Å². The number of nitrogens with one attached hydrogen (secondary N) is 1. The van der Waals surface area contributed by atoms with Crippen LogP contribution in [0.5, 0.6) is 11.5 Å². The van der Waals surface area contributed by atoms with Gasteiger partial charge in [-0.1, -0.05) is 0 Å². The van der Waals surface area contributed by atoms with Gasteiger partial charge in [-0.25, -0.2) is 9.18 Å². The van der Waals surface area contributed by atoms with Gasteiger partial charge in [0.15, 0.2) is 11.6 Å². The van der Waals surface area contributed by atoms with Gasteiger partial charge in [0, 0.05) is 24.2 Å². The van der Waals surface area contributed by atoms with E-state index in [1.165, 1.54) is 18.3 Å². The van der Waals surface area contributed by atoms with Crippen LogP contribution in [0.4, 0.5) is 15.8 Å². The second-order valence-corrected chi connectivity index (χ2v) is 9.97. The van der Waals surface area contributed by atoms with Crippen molar-refractivity contribution in [2.24, 2.45) is 11.8 Å². The molecule has 2 N–H and O–H groups in total. The summed E-state index contributed by atoms with van der Waals surface area (Å²) in [6, 6.07) is 6.50. The second kappa shape index (κ2) is 10.4. The smallest absolute Gasteiger partial charge is 0.341 e. The number of nitro benzene ring substituents is 1. The number of carboxylic acid groups (broad SMARTS) is 1. The Morgan fingerprint density at radius 2 is 1.92 bits per heavy atom. The average Bonchev–Trinajstić information content (AvgIpc) is 2.92. The Morgan fingerprint density at radius 1 is 1.23 bits per heavy atom. The minimum atomic E-state index is -1.41. The number of ether oxygens (including phenoxy) is 2. The van der Waals surface area contributed by atoms with Gasteiger partial charge in [-0.2, -0.15) is 0 Å². The minimum absolute atomic E-state index is 0.00988. The summed E-state index contributed by atoms with van der Waals surface area (Å²) in [5.41, 5.74) is -1.22. The summed E-state index contributed by atoms with van der Waals surface area (Å²) in [4.78, 5) is 47.7. The van der Waals surface area contributed by atoms with E-state index in [-0.39, 0.29) is 58.4 Å². The number of carbonyl (C=O) groups is 2. The Hall–Kier alpha value is -4.48. The van der Waals surface area contributed by atoms with E-state index in [4.69, 9.17) is 9.47 Å². The molecule has 11 nitrogen and oxygen atoms in total. The summed E-state index contributed by atoms with van der Waals surface area (Å²) < 4.78 is 28.3. The molecule has 0 unspecified atom stereocenters. The molecule has 0 saturated heterocycles. The maximum atomic E-state index is 15.2. The maximum Gasteiger partial charge on any atom is 0.341 e. The third-order valence-corrected chi connectivity index (χ3v) is 7.40. The van der Waals surface area contributed by atoms with Crippen LogP contribution in [0.3, 0.4) is 0 Å². The number of aromatic carboxylic acids is 1. The SMILES string of the molecule is C[C@H]1COc2c(NC(=O)C3CCC(COc4ccc([N+](=O)[O-])cc4)CC3)c(F)cc3c(=O)c(C(=O)O)cn1c23. The van der Waals surface area contributed by atoms with Gasteiger partial charge in [-0.3, -0.25) is 19.7 Å². The standard InChI is InChI=1S/C27H26FN3O8/c1-14-12-39-25-22(21(28)10-19-23(25)30(14)11-20(24(19)32)27(34)35)29-26(33)16-4-2-15(3-5-16)13-38-18-8-6-17(7-9-18)31(36)37/h6-11,14-16H,2-5,12-13H2,1H3,(H,29,33)(H,34,35)/t14-,15?,16?/m0/s1. The van der Waals surface area contributed by atoms with Gasteiger partial charge < -0.3 is 24.5 Å². The molecule has 0 bridgehead atoms. The van der Waals surface area contributed by atoms with Gasteiger partial charge in [0.25, 0.3) is 5.69 Å². The zero-order valence-electron chi connectivity index (χ0n) is 21.0. The lowest BCUT2D eigenvalue weighted by molar-refractivity contribution is -0.384. The molecular weight excluding hydrogens is 513 g/mol. The van der Waals surface area contributed by atoms with Crippen LogP contribution in [0, 0.1) is 27.8 Å². The van der Waals surface area contributed by atoms with Crippen molar-refractivity contribution >= 4 is 34.2 Å². The molecule has 2 aliphatic rings. The van der Waals surface area contributed by atoms with Crippen LogP contribution in [-0.4, -0.2) is 39.7 Å². The van der Waals surface area contributed by atoms with Crippen molar-refractivity contribution in [2.45, 2.75) is 38.6 Å². The number of halogens is 1. The molecule has 3 aromatic rings. The molecule has 1 amide bonds. The molecule has 1 aliphatic heterocycles. The lowest BCUT2D eigenvalue weighted by atomic mass is 9.82. The molecule has 1 fully saturated rings. The molecular formula is C27H26FN3O8. The van der Waals surface area contributed by atoms with Crippen LogP contribution in [0.15, 0.2) is 41.3 Å². The number of nitro groups is 1. The van der Waals surface area contributed by atoms with Crippen LogP contribution in [0.25, 0.3) is 10.9 Å². The molecule has 1 aromatic heterocycles. The number of rotatable bonds is 7. The lowest BCUT2D eigenvalue weighted by Crippen LogP contribution is -2.30. The van der Waals surface area contributed by atoms with Crippen molar-refractivity contribution in [3.05, 3.63) is 68.2 Å². The fraction of sp³-hybridized carbons (Fsp3) is 0.370. The third-order valence-electron chi connectivity index (χ3n) is 7.40. The van der Waals surface area contributed by atoms with Crippen LogP contribution >= 0.6 is 0 Å². The van der Waals surface area contributed by atoms with Gasteiger partial charge in [0.2, 0.25) is 11.3 Å². The van der Waals surface area contributed by atoms with E-state index in [9.17, 15) is 29.6 Å². The number of carboxylic acids is 1. The highest BCUT2D eigenvalue weighted by molar-refractivity contribution is 6.01. The van der Waals surface area contributed by atoms with E-state index in [0.29, 0.717) is 38.0 Å². The number of pyridine rings is 1. The number of carbonyl (C=O) groups excluding carboxylic acids is 1. The first-order valence-electron chi connectivity index (χ1n) is 12.6. The normalized spacial score (nSPS) is 20.2. The molecule has 1 aliphatic carbocycles. The summed E-state index contributed by atoms with van der Waals surface area (Å²) >= 11 is 0. The number of anilines is 1. The van der Waals surface area contributed by atoms with Gasteiger partial charge >= 0.3 is 5.97 Å². The Balaban J connectivity index is 1.28. The second-order valence-electron chi connectivity index (χ2n) is 9.97. The summed E-state index contributed by atoms with van der Waals surface area (Å²) in [6.45, 7) is 2.30. The van der Waals surface area contributed by atoms with E-state index in [0.717, 1.165) is 6.07 Å². The van der Waals surface area contributed by atoms with Gasteiger partial charge in [0.1, 0.15) is 23.6 Å². The number of hydrogen-bond donors (Lipinski definition) is 2. The Bertz CT molecular complexity index is 1530. The summed E-state index contributed by atoms with van der Waals surface area (Å²) in [5.74, 6) is -2.26. The Labute approximate surface area is 221 Å². The number of hydrogen-bond acceptors (Lipinski definition) is 7. The minimum Gasteiger partial charge on any atom is -0.493 e. The highest BCUT2D eigenvalue weighted by Gasteiger charge is 2.31. The van der Waals surface area contributed by atoms with Gasteiger partial charge in [0.05, 0.1) is 28.5 Å². The molecule has 2 heterocycles. The quantitative estimate of drug-likeness (QED) is 0.329. The fourth-order valence-electron chi connectivity index (χ4n) is 5.19. The average molecular weight is 540 g/mol.